The van der Waals surface area contributed by atoms with E-state index in [9.17, 15) is 4.79 Å². The van der Waals surface area contributed by atoms with Crippen molar-refractivity contribution in [3.63, 3.8) is 0 Å². The maximum atomic E-state index is 11.3. The van der Waals surface area contributed by atoms with Gasteiger partial charge in [0, 0.05) is 23.6 Å². The number of carbonyl (C=O) groups is 1. The van der Waals surface area contributed by atoms with Gasteiger partial charge in [-0.3, -0.25) is 9.69 Å². The van der Waals surface area contributed by atoms with Crippen molar-refractivity contribution in [1.29, 1.82) is 0 Å². The van der Waals surface area contributed by atoms with Crippen molar-refractivity contribution in [2.75, 3.05) is 19.6 Å². The number of nitrogens with zero attached hydrogens (tertiary/aromatic N) is 1. The molecule has 1 unspecified atom stereocenters. The van der Waals surface area contributed by atoms with Gasteiger partial charge in [0.25, 0.3) is 0 Å². The monoisotopic (exact) mass is 327 g/mol. The first-order chi connectivity index (χ1) is 8.95. The molecule has 1 atom stereocenters. The maximum Gasteiger partial charge on any atom is 0.231 e. The van der Waals surface area contributed by atoms with E-state index in [1.807, 2.05) is 29.2 Å². The number of carbonyl (C=O) groups excluding carboxylic acids is 1. The maximum absolute atomic E-state index is 11.3. The average Bonchev–Trinajstić information content (AvgIpc) is 2.30. The molecule has 5 heteroatoms. The Bertz CT molecular complexity index is 423. The van der Waals surface area contributed by atoms with Crippen LogP contribution in [-0.4, -0.2) is 30.4 Å². The van der Waals surface area contributed by atoms with Crippen LogP contribution in [0.5, 0.6) is 0 Å². The third kappa shape index (κ3) is 4.93. The fourth-order valence-corrected chi connectivity index (χ4v) is 2.74. The second kappa shape index (κ2) is 7.62. The van der Waals surface area contributed by atoms with E-state index in [-0.39, 0.29) is 18.5 Å². The average molecular weight is 328 g/mol. The summed E-state index contributed by atoms with van der Waals surface area (Å²) >= 11 is 3.54. The number of nitrogens with two attached hydrogens (primary N) is 2. The van der Waals surface area contributed by atoms with Crippen LogP contribution >= 0.6 is 15.9 Å². The van der Waals surface area contributed by atoms with Crippen LogP contribution in [0.15, 0.2) is 28.7 Å². The van der Waals surface area contributed by atoms with Crippen LogP contribution in [-0.2, 0) is 4.79 Å². The Morgan fingerprint density at radius 2 is 2.00 bits per heavy atom. The summed E-state index contributed by atoms with van der Waals surface area (Å²) in [5.74, 6) is 0.113. The van der Waals surface area contributed by atoms with Crippen molar-refractivity contribution >= 4 is 21.8 Å². The molecule has 0 spiro atoms. The minimum Gasteiger partial charge on any atom is -0.369 e. The normalized spacial score (nSPS) is 12.9. The lowest BCUT2D eigenvalue weighted by Crippen LogP contribution is -2.41. The summed E-state index contributed by atoms with van der Waals surface area (Å²) in [5.41, 5.74) is 12.3. The molecule has 1 rings (SSSR count). The largest absolute Gasteiger partial charge is 0.369 e. The highest BCUT2D eigenvalue weighted by molar-refractivity contribution is 9.10. The molecule has 1 amide bonds. The van der Waals surface area contributed by atoms with E-state index in [2.05, 4.69) is 29.8 Å². The topological polar surface area (TPSA) is 72.3 Å². The van der Waals surface area contributed by atoms with E-state index < -0.39 is 0 Å². The Kier molecular flexibility index (Phi) is 6.48. The molecular weight excluding hydrogens is 306 g/mol. The van der Waals surface area contributed by atoms with E-state index >= 15 is 0 Å². The van der Waals surface area contributed by atoms with Crippen molar-refractivity contribution in [3.8, 4) is 0 Å². The summed E-state index contributed by atoms with van der Waals surface area (Å²) in [5, 5.41) is 0. The van der Waals surface area contributed by atoms with Crippen molar-refractivity contribution in [1.82, 2.24) is 4.90 Å². The first-order valence-electron chi connectivity index (χ1n) is 6.42. The first-order valence-corrected chi connectivity index (χ1v) is 7.21. The van der Waals surface area contributed by atoms with Gasteiger partial charge in [-0.2, -0.15) is 0 Å². The SMILES string of the molecule is CC(C)CN(CC(N)=O)C(CN)c1ccccc1Br. The standard InChI is InChI=1S/C14H22BrN3O/c1-10(2)8-18(9-14(17)19)13(7-16)11-5-3-4-6-12(11)15/h3-6,10,13H,7-9,16H2,1-2H3,(H2,17,19). The molecule has 4 nitrogen and oxygen atoms in total. The van der Waals surface area contributed by atoms with E-state index in [4.69, 9.17) is 11.5 Å². The van der Waals surface area contributed by atoms with Crippen LogP contribution < -0.4 is 11.5 Å². The van der Waals surface area contributed by atoms with Gasteiger partial charge in [0.15, 0.2) is 0 Å². The number of rotatable bonds is 7. The van der Waals surface area contributed by atoms with E-state index in [1.54, 1.807) is 0 Å². The second-order valence-corrected chi connectivity index (χ2v) is 5.92. The molecular formula is C14H22BrN3O. The molecule has 0 aliphatic carbocycles. The molecule has 4 N–H and O–H groups in total. The van der Waals surface area contributed by atoms with Gasteiger partial charge in [-0.05, 0) is 17.5 Å². The smallest absolute Gasteiger partial charge is 0.231 e. The van der Waals surface area contributed by atoms with Gasteiger partial charge < -0.3 is 11.5 Å². The zero-order chi connectivity index (χ0) is 14.4. The van der Waals surface area contributed by atoms with Gasteiger partial charge in [0.05, 0.1) is 6.54 Å². The van der Waals surface area contributed by atoms with Gasteiger partial charge in [-0.1, -0.05) is 48.0 Å². The highest BCUT2D eigenvalue weighted by Crippen LogP contribution is 2.27. The minimum absolute atomic E-state index is 0.00882. The second-order valence-electron chi connectivity index (χ2n) is 5.06. The fourth-order valence-electron chi connectivity index (χ4n) is 2.19. The zero-order valence-electron chi connectivity index (χ0n) is 11.5. The van der Waals surface area contributed by atoms with Gasteiger partial charge in [0.1, 0.15) is 0 Å². The lowest BCUT2D eigenvalue weighted by molar-refractivity contribution is -0.119. The van der Waals surface area contributed by atoms with Crippen LogP contribution in [0, 0.1) is 5.92 Å². The number of amides is 1. The molecule has 0 bridgehead atoms. The first kappa shape index (κ1) is 16.1. The van der Waals surface area contributed by atoms with E-state index in [1.165, 1.54) is 0 Å². The molecule has 0 saturated heterocycles. The summed E-state index contributed by atoms with van der Waals surface area (Å²) in [6.07, 6.45) is 0. The molecule has 1 aromatic carbocycles. The van der Waals surface area contributed by atoms with Gasteiger partial charge in [-0.15, -0.1) is 0 Å². The number of benzene rings is 1. The Morgan fingerprint density at radius 1 is 1.37 bits per heavy atom. The van der Waals surface area contributed by atoms with Crippen molar-refractivity contribution < 1.29 is 4.79 Å². The van der Waals surface area contributed by atoms with Crippen molar-refractivity contribution in [2.45, 2.75) is 19.9 Å². The predicted molar refractivity (Wildman–Crippen MR) is 81.5 cm³/mol. The minimum atomic E-state index is -0.328. The van der Waals surface area contributed by atoms with Gasteiger partial charge in [0.2, 0.25) is 5.91 Å². The Hall–Kier alpha value is -0.910. The number of hydrogen-bond acceptors (Lipinski definition) is 3. The quantitative estimate of drug-likeness (QED) is 0.803. The highest BCUT2D eigenvalue weighted by Gasteiger charge is 2.22. The van der Waals surface area contributed by atoms with Crippen molar-refractivity contribution in [2.24, 2.45) is 17.4 Å². The van der Waals surface area contributed by atoms with Gasteiger partial charge in [-0.25, -0.2) is 0 Å². The van der Waals surface area contributed by atoms with Crippen LogP contribution in [0.4, 0.5) is 0 Å². The molecule has 0 saturated carbocycles. The molecule has 1 aromatic rings. The fraction of sp³-hybridized carbons (Fsp3) is 0.500. The van der Waals surface area contributed by atoms with Crippen LogP contribution in [0.1, 0.15) is 25.5 Å². The number of primary amides is 1. The van der Waals surface area contributed by atoms with Crippen LogP contribution in [0.3, 0.4) is 0 Å². The molecule has 0 aromatic heterocycles. The zero-order valence-corrected chi connectivity index (χ0v) is 13.1. The van der Waals surface area contributed by atoms with Crippen molar-refractivity contribution in [3.05, 3.63) is 34.3 Å². The Balaban J connectivity index is 3.01. The summed E-state index contributed by atoms with van der Waals surface area (Å²) in [4.78, 5) is 13.3. The molecule has 0 fully saturated rings. The van der Waals surface area contributed by atoms with E-state index in [0.29, 0.717) is 12.5 Å². The predicted octanol–water partition coefficient (Wildman–Crippen LogP) is 1.89. The lowest BCUT2D eigenvalue weighted by atomic mass is 10.0. The molecule has 106 valence electrons. The molecule has 19 heavy (non-hydrogen) atoms. The van der Waals surface area contributed by atoms with Crippen LogP contribution in [0.25, 0.3) is 0 Å². The number of halogens is 1. The summed E-state index contributed by atoms with van der Waals surface area (Å²) in [7, 11) is 0. The third-order valence-electron chi connectivity index (χ3n) is 2.89. The lowest BCUT2D eigenvalue weighted by Gasteiger charge is -2.32. The molecule has 0 aliphatic rings. The summed E-state index contributed by atoms with van der Waals surface area (Å²) in [6.45, 7) is 5.68. The third-order valence-corrected chi connectivity index (χ3v) is 3.61. The summed E-state index contributed by atoms with van der Waals surface area (Å²) < 4.78 is 1.00. The molecule has 0 radical (unpaired) electrons. The molecule has 0 heterocycles. The van der Waals surface area contributed by atoms with Crippen LogP contribution in [0.2, 0.25) is 0 Å². The van der Waals surface area contributed by atoms with E-state index in [0.717, 1.165) is 16.6 Å². The highest BCUT2D eigenvalue weighted by atomic mass is 79.9. The molecule has 0 aliphatic heterocycles. The summed E-state index contributed by atoms with van der Waals surface area (Å²) in [6, 6.07) is 7.93. The Morgan fingerprint density at radius 3 is 2.47 bits per heavy atom. The van der Waals surface area contributed by atoms with Gasteiger partial charge >= 0.3 is 0 Å². The Labute approximate surface area is 123 Å². The number of hydrogen-bond donors (Lipinski definition) is 2.